The van der Waals surface area contributed by atoms with Gasteiger partial charge in [-0.1, -0.05) is 26.0 Å². The first kappa shape index (κ1) is 20.6. The minimum atomic E-state index is -0.581. The number of hydrogen-bond donors (Lipinski definition) is 1. The van der Waals surface area contributed by atoms with Gasteiger partial charge in [-0.15, -0.1) is 0 Å². The van der Waals surface area contributed by atoms with Crippen LogP contribution in [0.2, 0.25) is 0 Å². The van der Waals surface area contributed by atoms with E-state index in [2.05, 4.69) is 47.9 Å². The van der Waals surface area contributed by atoms with Crippen LogP contribution in [0, 0.1) is 5.41 Å². The van der Waals surface area contributed by atoms with Crippen LogP contribution < -0.4 is 4.74 Å². The average molecular weight is 377 g/mol. The van der Waals surface area contributed by atoms with Crippen LogP contribution in [0.4, 0.5) is 0 Å². The third kappa shape index (κ3) is 5.67. The summed E-state index contributed by atoms with van der Waals surface area (Å²) in [5, 5.41) is 10.6. The van der Waals surface area contributed by atoms with Crippen molar-refractivity contribution in [2.45, 2.75) is 45.8 Å². The standard InChI is InChI=1S/C22H36N2O3/c1-21(2)18-24(11-9-22(21,3)25)17-19-5-7-20(8-6-19)27-14-4-10-23-12-15-26-16-13-23/h5-8,25H,4,9-18H2,1-3H3/t22-/m1/s1. The summed E-state index contributed by atoms with van der Waals surface area (Å²) in [6, 6.07) is 8.48. The molecule has 3 rings (SSSR count). The van der Waals surface area contributed by atoms with E-state index >= 15 is 0 Å². The molecule has 2 aliphatic heterocycles. The third-order valence-electron chi connectivity index (χ3n) is 6.31. The van der Waals surface area contributed by atoms with Gasteiger partial charge in [-0.3, -0.25) is 9.80 Å². The molecule has 5 heteroatoms. The largest absolute Gasteiger partial charge is 0.494 e. The number of benzene rings is 1. The maximum atomic E-state index is 10.6. The number of likely N-dealkylation sites (tertiary alicyclic amines) is 1. The lowest BCUT2D eigenvalue weighted by Crippen LogP contribution is -2.55. The lowest BCUT2D eigenvalue weighted by molar-refractivity contribution is -0.107. The predicted molar refractivity (Wildman–Crippen MR) is 108 cm³/mol. The molecule has 1 N–H and O–H groups in total. The molecule has 152 valence electrons. The zero-order valence-electron chi connectivity index (χ0n) is 17.2. The molecular weight excluding hydrogens is 340 g/mol. The SMILES string of the molecule is CC1(C)CN(Cc2ccc(OCCCN3CCOCC3)cc2)CC[C@@]1(C)O. The average Bonchev–Trinajstić information content (AvgIpc) is 2.64. The van der Waals surface area contributed by atoms with Crippen LogP contribution in [-0.4, -0.2) is 73.1 Å². The van der Waals surface area contributed by atoms with E-state index in [1.54, 1.807) is 0 Å². The number of rotatable bonds is 7. The molecule has 0 spiro atoms. The fourth-order valence-electron chi connectivity index (χ4n) is 3.91. The van der Waals surface area contributed by atoms with Gasteiger partial charge in [0.25, 0.3) is 0 Å². The van der Waals surface area contributed by atoms with Crippen molar-refractivity contribution in [2.75, 3.05) is 52.5 Å². The monoisotopic (exact) mass is 376 g/mol. The second-order valence-electron chi connectivity index (χ2n) is 8.92. The van der Waals surface area contributed by atoms with Crippen LogP contribution in [0.3, 0.4) is 0 Å². The van der Waals surface area contributed by atoms with E-state index in [4.69, 9.17) is 9.47 Å². The number of aliphatic hydroxyl groups is 1. The Morgan fingerprint density at radius 2 is 1.74 bits per heavy atom. The van der Waals surface area contributed by atoms with Crippen molar-refractivity contribution >= 4 is 0 Å². The molecule has 1 aromatic rings. The lowest BCUT2D eigenvalue weighted by atomic mass is 9.71. The third-order valence-corrected chi connectivity index (χ3v) is 6.31. The quantitative estimate of drug-likeness (QED) is 0.742. The summed E-state index contributed by atoms with van der Waals surface area (Å²) >= 11 is 0. The van der Waals surface area contributed by atoms with E-state index in [0.29, 0.717) is 0 Å². The van der Waals surface area contributed by atoms with Crippen LogP contribution in [-0.2, 0) is 11.3 Å². The van der Waals surface area contributed by atoms with E-state index in [1.807, 2.05) is 6.92 Å². The number of piperidine rings is 1. The Morgan fingerprint density at radius 1 is 1.04 bits per heavy atom. The summed E-state index contributed by atoms with van der Waals surface area (Å²) in [4.78, 5) is 4.88. The molecular formula is C22H36N2O3. The van der Waals surface area contributed by atoms with E-state index in [1.165, 1.54) is 5.56 Å². The molecule has 0 saturated carbocycles. The fourth-order valence-corrected chi connectivity index (χ4v) is 3.91. The zero-order valence-corrected chi connectivity index (χ0v) is 17.2. The maximum absolute atomic E-state index is 10.6. The van der Waals surface area contributed by atoms with Crippen LogP contribution in [0.1, 0.15) is 39.2 Å². The van der Waals surface area contributed by atoms with E-state index in [0.717, 1.165) is 77.7 Å². The van der Waals surface area contributed by atoms with Gasteiger partial charge in [0, 0.05) is 44.7 Å². The second kappa shape index (κ2) is 8.91. The molecule has 0 radical (unpaired) electrons. The summed E-state index contributed by atoms with van der Waals surface area (Å²) in [6.07, 6.45) is 1.87. The van der Waals surface area contributed by atoms with Crippen molar-refractivity contribution in [2.24, 2.45) is 5.41 Å². The lowest BCUT2D eigenvalue weighted by Gasteiger charge is -2.48. The Hall–Kier alpha value is -1.14. The molecule has 2 heterocycles. The molecule has 1 atom stereocenters. The minimum Gasteiger partial charge on any atom is -0.494 e. The zero-order chi connectivity index (χ0) is 19.3. The molecule has 0 amide bonds. The number of hydrogen-bond acceptors (Lipinski definition) is 5. The van der Waals surface area contributed by atoms with E-state index in [9.17, 15) is 5.11 Å². The van der Waals surface area contributed by atoms with Gasteiger partial charge in [0.1, 0.15) is 5.75 Å². The van der Waals surface area contributed by atoms with E-state index in [-0.39, 0.29) is 5.41 Å². The van der Waals surface area contributed by atoms with Crippen LogP contribution in [0.5, 0.6) is 5.75 Å². The Bertz CT molecular complexity index is 580. The maximum Gasteiger partial charge on any atom is 0.119 e. The first-order chi connectivity index (χ1) is 12.9. The Morgan fingerprint density at radius 3 is 2.41 bits per heavy atom. The molecule has 2 saturated heterocycles. The molecule has 0 aromatic heterocycles. The summed E-state index contributed by atoms with van der Waals surface area (Å²) in [7, 11) is 0. The number of morpholine rings is 1. The number of nitrogens with zero attached hydrogens (tertiary/aromatic N) is 2. The fraction of sp³-hybridized carbons (Fsp3) is 0.727. The molecule has 1 aromatic carbocycles. The highest BCUT2D eigenvalue weighted by Crippen LogP contribution is 2.38. The van der Waals surface area contributed by atoms with Crippen molar-refractivity contribution in [1.82, 2.24) is 9.80 Å². The van der Waals surface area contributed by atoms with Crippen molar-refractivity contribution in [3.8, 4) is 5.75 Å². The van der Waals surface area contributed by atoms with Crippen LogP contribution >= 0.6 is 0 Å². The normalized spacial score (nSPS) is 26.8. The van der Waals surface area contributed by atoms with E-state index < -0.39 is 5.60 Å². The highest BCUT2D eigenvalue weighted by atomic mass is 16.5. The smallest absolute Gasteiger partial charge is 0.119 e. The summed E-state index contributed by atoms with van der Waals surface area (Å²) in [6.45, 7) is 14.7. The van der Waals surface area contributed by atoms with Gasteiger partial charge in [0.05, 0.1) is 25.4 Å². The highest BCUT2D eigenvalue weighted by molar-refractivity contribution is 5.27. The molecule has 0 bridgehead atoms. The first-order valence-electron chi connectivity index (χ1n) is 10.3. The summed E-state index contributed by atoms with van der Waals surface area (Å²) < 4.78 is 11.3. The Balaban J connectivity index is 1.40. The minimum absolute atomic E-state index is 0.0885. The summed E-state index contributed by atoms with van der Waals surface area (Å²) in [5.74, 6) is 0.947. The van der Waals surface area contributed by atoms with Gasteiger partial charge in [-0.25, -0.2) is 0 Å². The predicted octanol–water partition coefficient (Wildman–Crippen LogP) is 2.77. The molecule has 27 heavy (non-hydrogen) atoms. The number of ether oxygens (including phenoxy) is 2. The molecule has 2 aliphatic rings. The second-order valence-corrected chi connectivity index (χ2v) is 8.92. The Labute approximate surface area is 164 Å². The van der Waals surface area contributed by atoms with Gasteiger partial charge in [0.2, 0.25) is 0 Å². The Kier molecular flexibility index (Phi) is 6.79. The van der Waals surface area contributed by atoms with Crippen molar-refractivity contribution in [3.63, 3.8) is 0 Å². The van der Waals surface area contributed by atoms with Crippen molar-refractivity contribution < 1.29 is 14.6 Å². The van der Waals surface area contributed by atoms with Gasteiger partial charge < -0.3 is 14.6 Å². The molecule has 0 unspecified atom stereocenters. The molecule has 0 aliphatic carbocycles. The van der Waals surface area contributed by atoms with Gasteiger partial charge in [-0.2, -0.15) is 0 Å². The molecule has 5 nitrogen and oxygen atoms in total. The van der Waals surface area contributed by atoms with Gasteiger partial charge in [-0.05, 0) is 37.5 Å². The van der Waals surface area contributed by atoms with Crippen LogP contribution in [0.15, 0.2) is 24.3 Å². The topological polar surface area (TPSA) is 45.2 Å². The highest BCUT2D eigenvalue weighted by Gasteiger charge is 2.43. The summed E-state index contributed by atoms with van der Waals surface area (Å²) in [5.41, 5.74) is 0.630. The first-order valence-corrected chi connectivity index (χ1v) is 10.3. The van der Waals surface area contributed by atoms with Gasteiger partial charge in [0.15, 0.2) is 0 Å². The molecule has 2 fully saturated rings. The van der Waals surface area contributed by atoms with Crippen LogP contribution in [0.25, 0.3) is 0 Å². The van der Waals surface area contributed by atoms with Crippen molar-refractivity contribution in [1.29, 1.82) is 0 Å². The van der Waals surface area contributed by atoms with Gasteiger partial charge >= 0.3 is 0 Å². The van der Waals surface area contributed by atoms with Crippen molar-refractivity contribution in [3.05, 3.63) is 29.8 Å².